The number of amides is 2. The van der Waals surface area contributed by atoms with Crippen LogP contribution in [-0.2, 0) is 26.2 Å². The minimum atomic E-state index is -4.28. The smallest absolute Gasteiger partial charge is 0.264 e. The first-order valence-electron chi connectivity index (χ1n) is 11.7. The number of carbonyl (C=O) groups is 2. The first-order valence-corrected chi connectivity index (χ1v) is 13.5. The van der Waals surface area contributed by atoms with Gasteiger partial charge in [0.2, 0.25) is 11.8 Å². The normalized spacial score (nSPS) is 11.9. The number of aryl methyl sites for hydroxylation is 1. The molecule has 2 amide bonds. The molecule has 0 aromatic heterocycles. The lowest BCUT2D eigenvalue weighted by Gasteiger charge is -2.32. The number of hydrogen-bond donors (Lipinski definition) is 1. The van der Waals surface area contributed by atoms with E-state index in [-0.39, 0.29) is 27.9 Å². The Bertz CT molecular complexity index is 1400. The third-order valence-electron chi connectivity index (χ3n) is 5.98. The molecule has 0 aliphatic carbocycles. The van der Waals surface area contributed by atoms with Crippen molar-refractivity contribution >= 4 is 39.1 Å². The molecule has 8 nitrogen and oxygen atoms in total. The molecular formula is C27H29ClFN3O5S. The second kappa shape index (κ2) is 12.3. The Morgan fingerprint density at radius 2 is 1.68 bits per heavy atom. The van der Waals surface area contributed by atoms with Gasteiger partial charge in [0, 0.05) is 18.6 Å². The summed E-state index contributed by atoms with van der Waals surface area (Å²) in [4.78, 5) is 27.5. The summed E-state index contributed by atoms with van der Waals surface area (Å²) in [5.74, 6) is -1.38. The molecule has 0 unspecified atom stereocenters. The number of likely N-dealkylation sites (N-methyl/N-ethyl adjacent to an activating group) is 1. The van der Waals surface area contributed by atoms with Gasteiger partial charge in [-0.2, -0.15) is 0 Å². The number of ether oxygens (including phenoxy) is 1. The van der Waals surface area contributed by atoms with Crippen molar-refractivity contribution in [1.82, 2.24) is 10.2 Å². The van der Waals surface area contributed by atoms with E-state index >= 15 is 0 Å². The number of benzene rings is 3. The molecule has 0 heterocycles. The predicted octanol–water partition coefficient (Wildman–Crippen LogP) is 4.15. The number of rotatable bonds is 10. The van der Waals surface area contributed by atoms with Gasteiger partial charge in [-0.15, -0.1) is 0 Å². The van der Waals surface area contributed by atoms with E-state index in [1.54, 1.807) is 12.1 Å². The first-order chi connectivity index (χ1) is 18.0. The van der Waals surface area contributed by atoms with Crippen LogP contribution >= 0.6 is 11.6 Å². The molecule has 0 aliphatic heterocycles. The molecule has 38 heavy (non-hydrogen) atoms. The lowest BCUT2D eigenvalue weighted by atomic mass is 10.1. The van der Waals surface area contributed by atoms with Crippen LogP contribution in [0.15, 0.2) is 71.6 Å². The van der Waals surface area contributed by atoms with Crippen LogP contribution in [-0.4, -0.2) is 51.9 Å². The molecule has 0 aliphatic rings. The number of carbonyl (C=O) groups excluding carboxylic acids is 2. The molecular weight excluding hydrogens is 533 g/mol. The van der Waals surface area contributed by atoms with Crippen LogP contribution in [0.2, 0.25) is 5.02 Å². The van der Waals surface area contributed by atoms with Crippen molar-refractivity contribution in [3.63, 3.8) is 0 Å². The Balaban J connectivity index is 2.10. The molecule has 0 spiro atoms. The Morgan fingerprint density at radius 3 is 2.26 bits per heavy atom. The number of anilines is 1. The molecule has 0 bridgehead atoms. The van der Waals surface area contributed by atoms with Crippen molar-refractivity contribution < 1.29 is 27.1 Å². The third kappa shape index (κ3) is 6.62. The summed E-state index contributed by atoms with van der Waals surface area (Å²) >= 11 is 6.21. The predicted molar refractivity (Wildman–Crippen MR) is 144 cm³/mol. The average Bonchev–Trinajstić information content (AvgIpc) is 2.90. The molecule has 0 saturated carbocycles. The van der Waals surface area contributed by atoms with Crippen LogP contribution in [0.5, 0.6) is 5.75 Å². The topological polar surface area (TPSA) is 96.0 Å². The SMILES string of the molecule is CNC(=O)[C@@H](C)N(Cc1ccc(F)cc1)C(=O)CN(c1cc(Cl)ccc1OC)S(=O)(=O)c1ccc(C)cc1. The van der Waals surface area contributed by atoms with E-state index in [0.29, 0.717) is 5.56 Å². The van der Waals surface area contributed by atoms with E-state index in [4.69, 9.17) is 16.3 Å². The largest absolute Gasteiger partial charge is 0.495 e. The van der Waals surface area contributed by atoms with Crippen LogP contribution < -0.4 is 14.4 Å². The van der Waals surface area contributed by atoms with Gasteiger partial charge >= 0.3 is 0 Å². The zero-order chi connectivity index (χ0) is 28.0. The second-order valence-electron chi connectivity index (χ2n) is 8.58. The highest BCUT2D eigenvalue weighted by Crippen LogP contribution is 2.35. The number of nitrogens with zero attached hydrogens (tertiary/aromatic N) is 2. The van der Waals surface area contributed by atoms with Crippen LogP contribution in [0.1, 0.15) is 18.1 Å². The van der Waals surface area contributed by atoms with Crippen LogP contribution in [0, 0.1) is 12.7 Å². The lowest BCUT2D eigenvalue weighted by Crippen LogP contribution is -2.50. The summed E-state index contributed by atoms with van der Waals surface area (Å²) in [5.41, 5.74) is 1.48. The highest BCUT2D eigenvalue weighted by Gasteiger charge is 2.33. The van der Waals surface area contributed by atoms with Gasteiger partial charge in [-0.05, 0) is 61.9 Å². The number of methoxy groups -OCH3 is 1. The van der Waals surface area contributed by atoms with Gasteiger partial charge < -0.3 is 15.0 Å². The van der Waals surface area contributed by atoms with Gasteiger partial charge in [0.15, 0.2) is 0 Å². The van der Waals surface area contributed by atoms with Crippen molar-refractivity contribution in [2.75, 3.05) is 25.0 Å². The molecule has 0 radical (unpaired) electrons. The van der Waals surface area contributed by atoms with E-state index < -0.39 is 40.2 Å². The van der Waals surface area contributed by atoms with E-state index in [9.17, 15) is 22.4 Å². The molecule has 1 atom stereocenters. The maximum absolute atomic E-state index is 13.9. The summed E-state index contributed by atoms with van der Waals surface area (Å²) in [6, 6.07) is 15.1. The van der Waals surface area contributed by atoms with Crippen LogP contribution in [0.4, 0.5) is 10.1 Å². The van der Waals surface area contributed by atoms with Gasteiger partial charge in [0.1, 0.15) is 24.2 Å². The third-order valence-corrected chi connectivity index (χ3v) is 7.99. The van der Waals surface area contributed by atoms with Crippen molar-refractivity contribution in [3.8, 4) is 5.75 Å². The van der Waals surface area contributed by atoms with Crippen LogP contribution in [0.25, 0.3) is 0 Å². The maximum Gasteiger partial charge on any atom is 0.264 e. The Hall–Kier alpha value is -3.63. The minimum Gasteiger partial charge on any atom is -0.495 e. The van der Waals surface area contributed by atoms with Gasteiger partial charge in [0.05, 0.1) is 17.7 Å². The Kier molecular flexibility index (Phi) is 9.35. The number of halogens is 2. The highest BCUT2D eigenvalue weighted by atomic mass is 35.5. The molecule has 202 valence electrons. The van der Waals surface area contributed by atoms with Crippen molar-refractivity contribution in [2.24, 2.45) is 0 Å². The van der Waals surface area contributed by atoms with Crippen molar-refractivity contribution in [1.29, 1.82) is 0 Å². The maximum atomic E-state index is 13.9. The van der Waals surface area contributed by atoms with Gasteiger partial charge in [-0.3, -0.25) is 13.9 Å². The zero-order valence-electron chi connectivity index (χ0n) is 21.4. The monoisotopic (exact) mass is 561 g/mol. The molecule has 3 aromatic rings. The molecule has 3 aromatic carbocycles. The molecule has 3 rings (SSSR count). The summed E-state index contributed by atoms with van der Waals surface area (Å²) in [5, 5.41) is 2.74. The fourth-order valence-corrected chi connectivity index (χ4v) is 5.37. The summed E-state index contributed by atoms with van der Waals surface area (Å²) in [7, 11) is -1.47. The molecule has 0 saturated heterocycles. The van der Waals surface area contributed by atoms with E-state index in [1.165, 1.54) is 80.6 Å². The second-order valence-corrected chi connectivity index (χ2v) is 10.9. The van der Waals surface area contributed by atoms with Gasteiger partial charge in [0.25, 0.3) is 10.0 Å². The average molecular weight is 562 g/mol. The Morgan fingerprint density at radius 1 is 1.05 bits per heavy atom. The van der Waals surface area contributed by atoms with Gasteiger partial charge in [-0.1, -0.05) is 41.4 Å². The van der Waals surface area contributed by atoms with Crippen molar-refractivity contribution in [3.05, 3.63) is 88.7 Å². The fraction of sp³-hybridized carbons (Fsp3) is 0.259. The van der Waals surface area contributed by atoms with Crippen molar-refractivity contribution in [2.45, 2.75) is 31.3 Å². The quantitative estimate of drug-likeness (QED) is 0.401. The number of nitrogens with one attached hydrogen (secondary N) is 1. The Labute approximate surface area is 227 Å². The fourth-order valence-electron chi connectivity index (χ4n) is 3.79. The first kappa shape index (κ1) is 28.9. The van der Waals surface area contributed by atoms with E-state index in [0.717, 1.165) is 9.87 Å². The standard InChI is InChI=1S/C27H29ClFN3O5S/c1-18-5-12-23(13-6-18)38(35,36)32(24-15-21(28)9-14-25(24)37-4)17-26(33)31(19(2)27(34)30-3)16-20-7-10-22(29)11-8-20/h5-15,19H,16-17H2,1-4H3,(H,30,34)/t19-/m1/s1. The summed E-state index contributed by atoms with van der Waals surface area (Å²) in [6.07, 6.45) is 0. The molecule has 1 N–H and O–H groups in total. The number of hydrogen-bond acceptors (Lipinski definition) is 5. The van der Waals surface area contributed by atoms with Gasteiger partial charge in [-0.25, -0.2) is 12.8 Å². The number of sulfonamides is 1. The highest BCUT2D eigenvalue weighted by molar-refractivity contribution is 7.92. The lowest BCUT2D eigenvalue weighted by molar-refractivity contribution is -0.139. The summed E-state index contributed by atoms with van der Waals surface area (Å²) < 4.78 is 47.5. The van der Waals surface area contributed by atoms with Crippen LogP contribution in [0.3, 0.4) is 0 Å². The summed E-state index contributed by atoms with van der Waals surface area (Å²) in [6.45, 7) is 2.64. The molecule has 11 heteroatoms. The van der Waals surface area contributed by atoms with E-state index in [2.05, 4.69) is 5.32 Å². The minimum absolute atomic E-state index is 0.0395. The van der Waals surface area contributed by atoms with E-state index in [1.807, 2.05) is 6.92 Å². The molecule has 0 fully saturated rings. The zero-order valence-corrected chi connectivity index (χ0v) is 23.0.